The van der Waals surface area contributed by atoms with Crippen LogP contribution in [0.25, 0.3) is 33.9 Å². The van der Waals surface area contributed by atoms with Crippen molar-refractivity contribution in [2.24, 2.45) is 0 Å². The highest BCUT2D eigenvalue weighted by molar-refractivity contribution is 9.10. The molecule has 0 aliphatic heterocycles. The van der Waals surface area contributed by atoms with Crippen LogP contribution in [0.5, 0.6) is 5.75 Å². The second-order valence-electron chi connectivity index (χ2n) is 7.64. The van der Waals surface area contributed by atoms with Crippen LogP contribution in [-0.4, -0.2) is 26.2 Å². The highest BCUT2D eigenvalue weighted by Crippen LogP contribution is 2.32. The number of imidazole rings is 1. The van der Waals surface area contributed by atoms with Crippen molar-refractivity contribution in [3.05, 3.63) is 97.4 Å². The number of methoxy groups -OCH3 is 1. The number of hydrogen-bond acceptors (Lipinski definition) is 4. The summed E-state index contributed by atoms with van der Waals surface area (Å²) >= 11 is 16.1. The van der Waals surface area contributed by atoms with Crippen LogP contribution in [-0.2, 0) is 0 Å². The molecule has 2 aromatic heterocycles. The van der Waals surface area contributed by atoms with Crippen molar-refractivity contribution in [2.45, 2.75) is 6.92 Å². The summed E-state index contributed by atoms with van der Waals surface area (Å²) in [5.41, 5.74) is 3.25. The minimum absolute atomic E-state index is 0.223. The van der Waals surface area contributed by atoms with Gasteiger partial charge in [-0.3, -0.25) is 13.9 Å². The van der Waals surface area contributed by atoms with Crippen molar-refractivity contribution in [3.63, 3.8) is 0 Å². The fraction of sp³-hybridized carbons (Fsp3) is 0.0800. The van der Waals surface area contributed by atoms with Gasteiger partial charge < -0.3 is 4.74 Å². The van der Waals surface area contributed by atoms with Crippen LogP contribution in [0, 0.1) is 6.92 Å². The smallest absolute Gasteiger partial charge is 0.286 e. The zero-order valence-corrected chi connectivity index (χ0v) is 21.2. The highest BCUT2D eigenvalue weighted by atomic mass is 79.9. The van der Waals surface area contributed by atoms with E-state index in [1.807, 2.05) is 49.4 Å². The lowest BCUT2D eigenvalue weighted by Gasteiger charge is -2.15. The molecule has 0 saturated carbocycles. The molecule has 170 valence electrons. The van der Waals surface area contributed by atoms with Gasteiger partial charge in [-0.15, -0.1) is 0 Å². The van der Waals surface area contributed by atoms with E-state index in [1.165, 1.54) is 4.57 Å². The van der Waals surface area contributed by atoms with Crippen LogP contribution in [0.3, 0.4) is 0 Å². The SMILES string of the molecule is COc1ccc(C)cc1-n1cnc2c(=O)n(-c3ccc(Br)cc3)c(-c3ccc(Cl)cc3Cl)nc21. The predicted molar refractivity (Wildman–Crippen MR) is 139 cm³/mol. The molecular formula is C25H17BrCl2N4O2. The fourth-order valence-corrected chi connectivity index (χ4v) is 4.56. The number of halogens is 3. The molecule has 0 N–H and O–H groups in total. The van der Waals surface area contributed by atoms with E-state index in [0.717, 1.165) is 15.7 Å². The molecule has 9 heteroatoms. The Morgan fingerprint density at radius 1 is 1.00 bits per heavy atom. The maximum atomic E-state index is 13.8. The number of rotatable bonds is 4. The summed E-state index contributed by atoms with van der Waals surface area (Å²) in [5.74, 6) is 1.00. The Bertz CT molecular complexity index is 1610. The third-order valence-electron chi connectivity index (χ3n) is 5.42. The molecule has 0 amide bonds. The molecule has 2 heterocycles. The molecular weight excluding hydrogens is 539 g/mol. The Labute approximate surface area is 213 Å². The van der Waals surface area contributed by atoms with Gasteiger partial charge in [0.2, 0.25) is 0 Å². The van der Waals surface area contributed by atoms with Gasteiger partial charge in [0.15, 0.2) is 17.0 Å². The maximum absolute atomic E-state index is 13.8. The Balaban J connectivity index is 1.88. The van der Waals surface area contributed by atoms with E-state index in [4.69, 9.17) is 32.9 Å². The lowest BCUT2D eigenvalue weighted by atomic mass is 10.2. The van der Waals surface area contributed by atoms with Crippen LogP contribution in [0.15, 0.2) is 76.3 Å². The van der Waals surface area contributed by atoms with Crippen LogP contribution in [0.2, 0.25) is 10.0 Å². The van der Waals surface area contributed by atoms with Gasteiger partial charge in [0.1, 0.15) is 12.1 Å². The van der Waals surface area contributed by atoms with Crippen molar-refractivity contribution >= 4 is 50.3 Å². The fourth-order valence-electron chi connectivity index (χ4n) is 3.80. The van der Waals surface area contributed by atoms with E-state index in [9.17, 15) is 4.79 Å². The quantitative estimate of drug-likeness (QED) is 0.250. The first-order valence-corrected chi connectivity index (χ1v) is 11.8. The third kappa shape index (κ3) is 3.90. The zero-order valence-electron chi connectivity index (χ0n) is 18.1. The van der Waals surface area contributed by atoms with Crippen LogP contribution < -0.4 is 10.3 Å². The van der Waals surface area contributed by atoms with Gasteiger partial charge in [-0.1, -0.05) is 45.2 Å². The molecule has 0 fully saturated rings. The molecule has 0 radical (unpaired) electrons. The van der Waals surface area contributed by atoms with Crippen molar-refractivity contribution in [1.82, 2.24) is 19.1 Å². The van der Waals surface area contributed by atoms with Gasteiger partial charge in [0.25, 0.3) is 5.56 Å². The third-order valence-corrected chi connectivity index (χ3v) is 6.50. The van der Waals surface area contributed by atoms with E-state index in [-0.39, 0.29) is 11.1 Å². The Kier molecular flexibility index (Phi) is 5.93. The Morgan fingerprint density at radius 2 is 1.76 bits per heavy atom. The largest absolute Gasteiger partial charge is 0.495 e. The van der Waals surface area contributed by atoms with Crippen molar-refractivity contribution in [1.29, 1.82) is 0 Å². The molecule has 0 spiro atoms. The van der Waals surface area contributed by atoms with Crippen molar-refractivity contribution < 1.29 is 4.74 Å². The topological polar surface area (TPSA) is 61.9 Å². The summed E-state index contributed by atoms with van der Waals surface area (Å²) in [4.78, 5) is 23.1. The number of nitrogens with zero attached hydrogens (tertiary/aromatic N) is 4. The standard InChI is InChI=1S/C25H17BrCl2N4O2/c1-14-3-10-21(34-2)20(11-14)31-13-29-22-24(31)30-23(18-9-6-16(27)12-19(18)28)32(25(22)33)17-7-4-15(26)5-8-17/h3-13H,1-2H3. The molecule has 5 rings (SSSR count). The minimum atomic E-state index is -0.321. The highest BCUT2D eigenvalue weighted by Gasteiger charge is 2.21. The molecule has 3 aromatic carbocycles. The van der Waals surface area contributed by atoms with Gasteiger partial charge in [0.05, 0.1) is 23.5 Å². The second kappa shape index (κ2) is 8.91. The molecule has 0 bridgehead atoms. The van der Waals surface area contributed by atoms with E-state index in [2.05, 4.69) is 20.9 Å². The Morgan fingerprint density at radius 3 is 2.47 bits per heavy atom. The van der Waals surface area contributed by atoms with E-state index >= 15 is 0 Å². The minimum Gasteiger partial charge on any atom is -0.495 e. The van der Waals surface area contributed by atoms with Crippen molar-refractivity contribution in [3.8, 4) is 28.5 Å². The number of ether oxygens (including phenoxy) is 1. The van der Waals surface area contributed by atoms with Crippen LogP contribution >= 0.6 is 39.1 Å². The molecule has 0 saturated heterocycles. The maximum Gasteiger partial charge on any atom is 0.286 e. The summed E-state index contributed by atoms with van der Waals surface area (Å²) < 4.78 is 9.70. The van der Waals surface area contributed by atoms with Gasteiger partial charge >= 0.3 is 0 Å². The number of benzene rings is 3. The lowest BCUT2D eigenvalue weighted by molar-refractivity contribution is 0.413. The summed E-state index contributed by atoms with van der Waals surface area (Å²) in [7, 11) is 1.60. The average molecular weight is 556 g/mol. The predicted octanol–water partition coefficient (Wildman–Crippen LogP) is 6.62. The average Bonchev–Trinajstić information content (AvgIpc) is 3.24. The van der Waals surface area contributed by atoms with Gasteiger partial charge in [-0.2, -0.15) is 0 Å². The summed E-state index contributed by atoms with van der Waals surface area (Å²) in [6, 6.07) is 18.2. The summed E-state index contributed by atoms with van der Waals surface area (Å²) in [6.45, 7) is 1.98. The first-order valence-electron chi connectivity index (χ1n) is 10.2. The lowest BCUT2D eigenvalue weighted by Crippen LogP contribution is -2.22. The summed E-state index contributed by atoms with van der Waals surface area (Å²) in [6.07, 6.45) is 1.58. The van der Waals surface area contributed by atoms with Crippen molar-refractivity contribution in [2.75, 3.05) is 7.11 Å². The second-order valence-corrected chi connectivity index (χ2v) is 9.40. The molecule has 34 heavy (non-hydrogen) atoms. The van der Waals surface area contributed by atoms with E-state index in [1.54, 1.807) is 36.2 Å². The van der Waals surface area contributed by atoms with E-state index < -0.39 is 0 Å². The molecule has 0 aliphatic rings. The molecule has 6 nitrogen and oxygen atoms in total. The monoisotopic (exact) mass is 554 g/mol. The first kappa shape index (κ1) is 22.7. The van der Waals surface area contributed by atoms with Crippen LogP contribution in [0.1, 0.15) is 5.56 Å². The van der Waals surface area contributed by atoms with Crippen LogP contribution in [0.4, 0.5) is 0 Å². The summed E-state index contributed by atoms with van der Waals surface area (Å²) in [5, 5.41) is 0.866. The Hall–Kier alpha value is -3.13. The molecule has 5 aromatic rings. The first-order chi connectivity index (χ1) is 16.4. The van der Waals surface area contributed by atoms with Gasteiger partial charge in [-0.25, -0.2) is 9.97 Å². The molecule has 0 unspecified atom stereocenters. The number of aromatic nitrogens is 4. The molecule has 0 aliphatic carbocycles. The molecule has 0 atom stereocenters. The number of hydrogen-bond donors (Lipinski definition) is 0. The van der Waals surface area contributed by atoms with Gasteiger partial charge in [-0.05, 0) is 67.1 Å². The number of fused-ring (bicyclic) bond motifs is 1. The zero-order chi connectivity index (χ0) is 24.0. The number of aryl methyl sites for hydroxylation is 1. The van der Waals surface area contributed by atoms with E-state index in [0.29, 0.717) is 38.5 Å². The normalized spacial score (nSPS) is 11.2. The van der Waals surface area contributed by atoms with Gasteiger partial charge in [0, 0.05) is 15.1 Å².